The predicted octanol–water partition coefficient (Wildman–Crippen LogP) is 12.2. The fourth-order valence-electron chi connectivity index (χ4n) is 5.89. The second-order valence-electron chi connectivity index (χ2n) is 11.0. The maximum atomic E-state index is 7.22. The van der Waals surface area contributed by atoms with Gasteiger partial charge < -0.3 is 15.5 Å². The smallest absolute Gasteiger partial charge is 0.0882 e. The normalized spacial score (nSPS) is 10.8. The van der Waals surface area contributed by atoms with Crippen molar-refractivity contribution in [3.8, 4) is 22.3 Å². The van der Waals surface area contributed by atoms with Gasteiger partial charge in [0.15, 0.2) is 0 Å². The topological polar surface area (TPSA) is 32.5 Å². The zero-order valence-electron chi connectivity index (χ0n) is 25.2. The van der Waals surface area contributed by atoms with Crippen LogP contribution in [0.15, 0.2) is 182 Å². The molecule has 0 saturated carbocycles. The summed E-state index contributed by atoms with van der Waals surface area (Å²) in [5.74, 6) is 0. The van der Waals surface area contributed by atoms with Crippen LogP contribution in [0.25, 0.3) is 22.3 Å². The summed E-state index contributed by atoms with van der Waals surface area (Å²) in [6, 6.07) is 62.6. The van der Waals surface area contributed by atoms with Crippen molar-refractivity contribution in [3.05, 3.63) is 187 Å². The highest BCUT2D eigenvalue weighted by Gasteiger charge is 2.23. The second kappa shape index (κ2) is 13.1. The van der Waals surface area contributed by atoms with E-state index in [0.717, 1.165) is 56.4 Å². The van der Waals surface area contributed by atoms with Gasteiger partial charge in [0.1, 0.15) is 0 Å². The third kappa shape index (κ3) is 5.84. The average molecular weight is 614 g/mol. The largest absolute Gasteiger partial charge is 0.397 e. The summed E-state index contributed by atoms with van der Waals surface area (Å²) in [5.41, 5.74) is 17.3. The Kier molecular flexibility index (Phi) is 8.23. The van der Waals surface area contributed by atoms with E-state index in [9.17, 15) is 0 Å². The van der Waals surface area contributed by atoms with E-state index in [2.05, 4.69) is 149 Å². The number of nitrogen functional groups attached to an aromatic ring is 1. The molecule has 0 aromatic heterocycles. The summed E-state index contributed by atoms with van der Waals surface area (Å²) >= 11 is 7.22. The second-order valence-corrected chi connectivity index (χ2v) is 11.4. The summed E-state index contributed by atoms with van der Waals surface area (Å²) < 4.78 is 0. The molecule has 222 valence electrons. The molecule has 0 aliphatic carbocycles. The molecule has 7 aromatic rings. The van der Waals surface area contributed by atoms with Crippen LogP contribution in [-0.4, -0.2) is 0 Å². The van der Waals surface area contributed by atoms with E-state index >= 15 is 0 Å². The Hall–Kier alpha value is -5.77. The summed E-state index contributed by atoms with van der Waals surface area (Å²) in [4.78, 5) is 4.47. The number of anilines is 7. The van der Waals surface area contributed by atoms with E-state index in [1.165, 1.54) is 0 Å². The van der Waals surface area contributed by atoms with Crippen molar-refractivity contribution < 1.29 is 0 Å². The maximum absolute atomic E-state index is 7.22. The number of nitrogens with zero attached hydrogens (tertiary/aromatic N) is 2. The summed E-state index contributed by atoms with van der Waals surface area (Å²) in [7, 11) is 0. The average Bonchev–Trinajstić information content (AvgIpc) is 3.12. The number of hydrogen-bond acceptors (Lipinski definition) is 3. The van der Waals surface area contributed by atoms with Gasteiger partial charge in [-0.2, -0.15) is 0 Å². The molecule has 0 unspecified atom stereocenters. The Bertz CT molecular complexity index is 2020. The lowest BCUT2D eigenvalue weighted by molar-refractivity contribution is 1.25. The van der Waals surface area contributed by atoms with Crippen molar-refractivity contribution in [2.75, 3.05) is 15.5 Å². The van der Waals surface area contributed by atoms with E-state index < -0.39 is 0 Å². The van der Waals surface area contributed by atoms with Gasteiger partial charge >= 0.3 is 0 Å². The summed E-state index contributed by atoms with van der Waals surface area (Å²) in [6.07, 6.45) is 0. The number of halogens is 1. The standard InChI is InChI=1S/C42H32ClN3/c43-41-40(44)28-27-39(33-18-13-17-32(29-33)31-15-5-1-6-16-31)42(41)46(36-23-11-4-12-24-36)38-26-14-25-37(30-38)45(34-19-7-2-8-20-34)35-21-9-3-10-22-35/h1-30H,44H2. The van der Waals surface area contributed by atoms with E-state index in [1.807, 2.05) is 42.5 Å². The van der Waals surface area contributed by atoms with Gasteiger partial charge in [-0.15, -0.1) is 0 Å². The molecule has 0 aliphatic rings. The Morgan fingerprint density at radius 2 is 0.804 bits per heavy atom. The number of benzene rings is 7. The van der Waals surface area contributed by atoms with Crippen LogP contribution in [0.2, 0.25) is 5.02 Å². The molecule has 3 nitrogen and oxygen atoms in total. The first kappa shape index (κ1) is 29.0. The van der Waals surface area contributed by atoms with Gasteiger partial charge in [0, 0.05) is 34.0 Å². The molecule has 46 heavy (non-hydrogen) atoms. The molecule has 0 aliphatic heterocycles. The molecule has 0 atom stereocenters. The minimum atomic E-state index is 0.500. The van der Waals surface area contributed by atoms with Crippen LogP contribution in [0, 0.1) is 0 Å². The number of hydrogen-bond donors (Lipinski definition) is 1. The van der Waals surface area contributed by atoms with Crippen LogP contribution in [0.4, 0.5) is 39.8 Å². The Balaban J connectivity index is 1.43. The lowest BCUT2D eigenvalue weighted by atomic mass is 9.96. The Morgan fingerprint density at radius 1 is 0.370 bits per heavy atom. The zero-order valence-corrected chi connectivity index (χ0v) is 25.9. The Morgan fingerprint density at radius 3 is 1.39 bits per heavy atom. The molecule has 2 N–H and O–H groups in total. The highest BCUT2D eigenvalue weighted by Crippen LogP contribution is 2.48. The number of para-hydroxylation sites is 3. The first-order chi connectivity index (χ1) is 22.7. The van der Waals surface area contributed by atoms with Gasteiger partial charge in [-0.25, -0.2) is 0 Å². The molecule has 0 heterocycles. The number of nitrogens with two attached hydrogens (primary N) is 1. The van der Waals surface area contributed by atoms with Gasteiger partial charge in [0.2, 0.25) is 0 Å². The fraction of sp³-hybridized carbons (Fsp3) is 0. The lowest BCUT2D eigenvalue weighted by Gasteiger charge is -2.31. The molecule has 0 spiro atoms. The first-order valence-electron chi connectivity index (χ1n) is 15.3. The third-order valence-corrected chi connectivity index (χ3v) is 8.44. The van der Waals surface area contributed by atoms with Crippen molar-refractivity contribution in [3.63, 3.8) is 0 Å². The van der Waals surface area contributed by atoms with Crippen molar-refractivity contribution in [2.24, 2.45) is 0 Å². The van der Waals surface area contributed by atoms with Gasteiger partial charge in [-0.1, -0.05) is 127 Å². The van der Waals surface area contributed by atoms with E-state index in [-0.39, 0.29) is 0 Å². The van der Waals surface area contributed by atoms with Crippen LogP contribution < -0.4 is 15.5 Å². The monoisotopic (exact) mass is 613 g/mol. The van der Waals surface area contributed by atoms with E-state index in [4.69, 9.17) is 17.3 Å². The molecular formula is C42H32ClN3. The zero-order chi connectivity index (χ0) is 31.3. The van der Waals surface area contributed by atoms with Gasteiger partial charge in [0.25, 0.3) is 0 Å². The highest BCUT2D eigenvalue weighted by atomic mass is 35.5. The molecule has 0 bridgehead atoms. The van der Waals surface area contributed by atoms with Crippen LogP contribution in [0.5, 0.6) is 0 Å². The SMILES string of the molecule is Nc1ccc(-c2cccc(-c3ccccc3)c2)c(N(c2ccccc2)c2cccc(N(c3ccccc3)c3ccccc3)c2)c1Cl. The molecule has 0 radical (unpaired) electrons. The van der Waals surface area contributed by atoms with Gasteiger partial charge in [-0.3, -0.25) is 0 Å². The van der Waals surface area contributed by atoms with Crippen LogP contribution in [-0.2, 0) is 0 Å². The van der Waals surface area contributed by atoms with Gasteiger partial charge in [0.05, 0.1) is 16.4 Å². The van der Waals surface area contributed by atoms with Gasteiger partial charge in [-0.05, 0) is 83.4 Å². The van der Waals surface area contributed by atoms with Crippen molar-refractivity contribution in [1.82, 2.24) is 0 Å². The molecule has 7 aromatic carbocycles. The molecular weight excluding hydrogens is 582 g/mol. The van der Waals surface area contributed by atoms with Crippen LogP contribution >= 0.6 is 11.6 Å². The first-order valence-corrected chi connectivity index (χ1v) is 15.6. The summed E-state index contributed by atoms with van der Waals surface area (Å²) in [6.45, 7) is 0. The Labute approximate surface area is 275 Å². The molecule has 7 rings (SSSR count). The molecule has 0 fully saturated rings. The fourth-order valence-corrected chi connectivity index (χ4v) is 6.13. The van der Waals surface area contributed by atoms with Crippen molar-refractivity contribution in [2.45, 2.75) is 0 Å². The minimum Gasteiger partial charge on any atom is -0.397 e. The predicted molar refractivity (Wildman–Crippen MR) is 196 cm³/mol. The summed E-state index contributed by atoms with van der Waals surface area (Å²) in [5, 5.41) is 0.500. The third-order valence-electron chi connectivity index (χ3n) is 8.04. The minimum absolute atomic E-state index is 0.500. The van der Waals surface area contributed by atoms with Crippen molar-refractivity contribution >= 4 is 51.4 Å². The van der Waals surface area contributed by atoms with Crippen LogP contribution in [0.1, 0.15) is 0 Å². The van der Waals surface area contributed by atoms with Crippen LogP contribution in [0.3, 0.4) is 0 Å². The molecule has 0 saturated heterocycles. The highest BCUT2D eigenvalue weighted by molar-refractivity contribution is 6.37. The molecule has 0 amide bonds. The van der Waals surface area contributed by atoms with Crippen molar-refractivity contribution in [1.29, 1.82) is 0 Å². The van der Waals surface area contributed by atoms with E-state index in [0.29, 0.717) is 10.7 Å². The molecule has 4 heteroatoms. The number of rotatable bonds is 8. The lowest BCUT2D eigenvalue weighted by Crippen LogP contribution is -2.14. The quantitative estimate of drug-likeness (QED) is 0.173. The maximum Gasteiger partial charge on any atom is 0.0882 e. The van der Waals surface area contributed by atoms with E-state index in [1.54, 1.807) is 0 Å².